The van der Waals surface area contributed by atoms with E-state index in [1.165, 1.54) is 15.3 Å². The third-order valence-corrected chi connectivity index (χ3v) is 8.54. The summed E-state index contributed by atoms with van der Waals surface area (Å²) in [7, 11) is -3.62. The maximum absolute atomic E-state index is 14.8. The molecule has 0 spiro atoms. The first-order valence-corrected chi connectivity index (χ1v) is 16.2. The Bertz CT molecular complexity index is 1460. The smallest absolute Gasteiger partial charge is 0.243 e. The van der Waals surface area contributed by atoms with Gasteiger partial charge in [0, 0.05) is 37.5 Å². The van der Waals surface area contributed by atoms with Crippen molar-refractivity contribution in [3.8, 4) is 0 Å². The molecular weight excluding hydrogens is 553 g/mol. The summed E-state index contributed by atoms with van der Waals surface area (Å²) in [6.45, 7) is 7.59. The van der Waals surface area contributed by atoms with Gasteiger partial charge >= 0.3 is 0 Å². The van der Waals surface area contributed by atoms with E-state index in [4.69, 9.17) is 0 Å². The number of nitrogens with zero attached hydrogens (tertiary/aromatic N) is 2. The molecular formula is C33H42FN3O4S. The van der Waals surface area contributed by atoms with Crippen LogP contribution in [-0.2, 0) is 32.6 Å². The number of nitrogens with one attached hydrogen (secondary N) is 1. The first kappa shape index (κ1) is 32.8. The summed E-state index contributed by atoms with van der Waals surface area (Å²) in [6, 6.07) is 20.2. The Morgan fingerprint density at radius 1 is 0.976 bits per heavy atom. The van der Waals surface area contributed by atoms with Crippen LogP contribution in [0.15, 0.2) is 72.8 Å². The van der Waals surface area contributed by atoms with Gasteiger partial charge in [-0.05, 0) is 62.4 Å². The van der Waals surface area contributed by atoms with Crippen molar-refractivity contribution in [3.05, 3.63) is 101 Å². The molecule has 1 N–H and O–H groups in total. The number of rotatable bonds is 14. The van der Waals surface area contributed by atoms with Crippen LogP contribution >= 0.6 is 0 Å². The molecule has 3 aromatic rings. The molecule has 2 unspecified atom stereocenters. The van der Waals surface area contributed by atoms with E-state index >= 15 is 0 Å². The molecule has 0 saturated heterocycles. The Morgan fingerprint density at radius 3 is 2.29 bits per heavy atom. The lowest BCUT2D eigenvalue weighted by Crippen LogP contribution is -2.52. The predicted molar refractivity (Wildman–Crippen MR) is 166 cm³/mol. The third-order valence-electron chi connectivity index (χ3n) is 7.36. The summed E-state index contributed by atoms with van der Waals surface area (Å²) >= 11 is 0. The summed E-state index contributed by atoms with van der Waals surface area (Å²) < 4.78 is 41.6. The minimum atomic E-state index is -3.62. The van der Waals surface area contributed by atoms with E-state index < -0.39 is 21.9 Å². The quantitative estimate of drug-likeness (QED) is 0.265. The standard InChI is InChI=1S/C33H42FN3O4S/c1-6-26(4)35-33(39)31(22-27-13-8-7-9-14-27)36(23-28-15-10-11-16-29(28)34)32(38)17-12-20-37(42(5,40)41)30-21-24(2)18-19-25(30)3/h7-11,13-16,18-19,21,26,31H,6,12,17,20,22-23H2,1-5H3,(H,35,39). The van der Waals surface area contributed by atoms with Gasteiger partial charge in [-0.3, -0.25) is 13.9 Å². The van der Waals surface area contributed by atoms with E-state index in [-0.39, 0.29) is 50.2 Å². The molecule has 0 aliphatic carbocycles. The zero-order chi connectivity index (χ0) is 30.9. The van der Waals surface area contributed by atoms with Crippen molar-refractivity contribution in [2.24, 2.45) is 0 Å². The molecule has 0 saturated carbocycles. The fourth-order valence-electron chi connectivity index (χ4n) is 4.78. The van der Waals surface area contributed by atoms with Gasteiger partial charge in [-0.1, -0.05) is 67.6 Å². The summed E-state index contributed by atoms with van der Waals surface area (Å²) in [5.74, 6) is -1.13. The van der Waals surface area contributed by atoms with E-state index in [0.717, 1.165) is 22.9 Å². The van der Waals surface area contributed by atoms with Gasteiger partial charge in [0.25, 0.3) is 0 Å². The van der Waals surface area contributed by atoms with Gasteiger partial charge in [-0.25, -0.2) is 12.8 Å². The SMILES string of the molecule is CCC(C)NC(=O)C(Cc1ccccc1)N(Cc1ccccc1F)C(=O)CCCN(c1cc(C)ccc1C)S(C)(=O)=O. The van der Waals surface area contributed by atoms with Crippen molar-refractivity contribution in [1.29, 1.82) is 0 Å². The van der Waals surface area contributed by atoms with Crippen molar-refractivity contribution in [3.63, 3.8) is 0 Å². The highest BCUT2D eigenvalue weighted by atomic mass is 32.2. The average Bonchev–Trinajstić information content (AvgIpc) is 2.95. The molecule has 226 valence electrons. The Kier molecular flexibility index (Phi) is 11.7. The largest absolute Gasteiger partial charge is 0.352 e. The molecule has 0 fully saturated rings. The predicted octanol–water partition coefficient (Wildman–Crippen LogP) is 5.54. The van der Waals surface area contributed by atoms with Gasteiger partial charge in [0.2, 0.25) is 21.8 Å². The molecule has 0 aromatic heterocycles. The third kappa shape index (κ3) is 9.14. The van der Waals surface area contributed by atoms with Crippen LogP contribution in [0.5, 0.6) is 0 Å². The Hall–Kier alpha value is -3.72. The number of amides is 2. The lowest BCUT2D eigenvalue weighted by atomic mass is 10.0. The van der Waals surface area contributed by atoms with Crippen molar-refractivity contribution in [1.82, 2.24) is 10.2 Å². The molecule has 0 bridgehead atoms. The van der Waals surface area contributed by atoms with E-state index in [2.05, 4.69) is 5.32 Å². The van der Waals surface area contributed by atoms with E-state index in [9.17, 15) is 22.4 Å². The van der Waals surface area contributed by atoms with Crippen LogP contribution in [0.2, 0.25) is 0 Å². The maximum atomic E-state index is 14.8. The van der Waals surface area contributed by atoms with Gasteiger partial charge in [-0.15, -0.1) is 0 Å². The molecule has 3 rings (SSSR count). The van der Waals surface area contributed by atoms with Gasteiger partial charge < -0.3 is 10.2 Å². The molecule has 0 radical (unpaired) electrons. The maximum Gasteiger partial charge on any atom is 0.243 e. The van der Waals surface area contributed by atoms with Crippen LogP contribution in [0.25, 0.3) is 0 Å². The van der Waals surface area contributed by atoms with Crippen LogP contribution in [0, 0.1) is 19.7 Å². The van der Waals surface area contributed by atoms with Crippen molar-refractivity contribution in [2.75, 3.05) is 17.1 Å². The molecule has 42 heavy (non-hydrogen) atoms. The van der Waals surface area contributed by atoms with E-state index in [0.29, 0.717) is 17.7 Å². The highest BCUT2D eigenvalue weighted by molar-refractivity contribution is 7.92. The Balaban J connectivity index is 1.92. The van der Waals surface area contributed by atoms with E-state index in [1.54, 1.807) is 18.2 Å². The normalized spacial score (nSPS) is 12.8. The second-order valence-electron chi connectivity index (χ2n) is 10.9. The number of aryl methyl sites for hydroxylation is 2. The first-order valence-electron chi connectivity index (χ1n) is 14.3. The molecule has 9 heteroatoms. The molecule has 0 heterocycles. The second-order valence-corrected chi connectivity index (χ2v) is 12.8. The first-order chi connectivity index (χ1) is 19.9. The fourth-order valence-corrected chi connectivity index (χ4v) is 5.79. The van der Waals surface area contributed by atoms with Crippen molar-refractivity contribution in [2.45, 2.75) is 72.0 Å². The highest BCUT2D eigenvalue weighted by Gasteiger charge is 2.31. The molecule has 0 aliphatic heterocycles. The molecule has 2 amide bonds. The number of benzene rings is 3. The second kappa shape index (κ2) is 15.0. The number of carbonyl (C=O) groups excluding carboxylic acids is 2. The number of anilines is 1. The van der Waals surface area contributed by atoms with E-state index in [1.807, 2.05) is 76.2 Å². The zero-order valence-corrected chi connectivity index (χ0v) is 26.0. The lowest BCUT2D eigenvalue weighted by Gasteiger charge is -2.33. The number of halogens is 1. The average molecular weight is 596 g/mol. The van der Waals surface area contributed by atoms with Gasteiger partial charge in [-0.2, -0.15) is 0 Å². The number of carbonyl (C=O) groups is 2. The fraction of sp³-hybridized carbons (Fsp3) is 0.394. The van der Waals surface area contributed by atoms with Gasteiger partial charge in [0.15, 0.2) is 0 Å². The Labute approximate surface area is 249 Å². The molecule has 3 aromatic carbocycles. The van der Waals surface area contributed by atoms with Crippen LogP contribution < -0.4 is 9.62 Å². The van der Waals surface area contributed by atoms with Crippen molar-refractivity contribution < 1.29 is 22.4 Å². The van der Waals surface area contributed by atoms with Crippen LogP contribution in [0.1, 0.15) is 55.4 Å². The number of hydrogen-bond acceptors (Lipinski definition) is 4. The van der Waals surface area contributed by atoms with Crippen LogP contribution in [0.3, 0.4) is 0 Å². The minimum absolute atomic E-state index is 0.0206. The van der Waals surface area contributed by atoms with Crippen LogP contribution in [-0.4, -0.2) is 50.0 Å². The minimum Gasteiger partial charge on any atom is -0.352 e. The summed E-state index contributed by atoms with van der Waals surface area (Å²) in [6.07, 6.45) is 2.31. The summed E-state index contributed by atoms with van der Waals surface area (Å²) in [5.41, 5.74) is 3.47. The summed E-state index contributed by atoms with van der Waals surface area (Å²) in [5, 5.41) is 3.00. The molecule has 0 aliphatic rings. The Morgan fingerprint density at radius 2 is 1.64 bits per heavy atom. The zero-order valence-electron chi connectivity index (χ0n) is 25.1. The lowest BCUT2D eigenvalue weighted by molar-refractivity contribution is -0.141. The topological polar surface area (TPSA) is 86.8 Å². The van der Waals surface area contributed by atoms with Crippen LogP contribution in [0.4, 0.5) is 10.1 Å². The number of sulfonamides is 1. The molecule has 7 nitrogen and oxygen atoms in total. The monoisotopic (exact) mass is 595 g/mol. The molecule has 2 atom stereocenters. The van der Waals surface area contributed by atoms with Crippen molar-refractivity contribution >= 4 is 27.5 Å². The highest BCUT2D eigenvalue weighted by Crippen LogP contribution is 2.25. The summed E-state index contributed by atoms with van der Waals surface area (Å²) in [4.78, 5) is 29.0. The van der Waals surface area contributed by atoms with Gasteiger partial charge in [0.05, 0.1) is 11.9 Å². The number of hydrogen-bond donors (Lipinski definition) is 1. The van der Waals surface area contributed by atoms with Gasteiger partial charge in [0.1, 0.15) is 11.9 Å².